The quantitative estimate of drug-likeness (QED) is 0.633. The molecule has 1 heterocycles. The van der Waals surface area contributed by atoms with Gasteiger partial charge in [-0.1, -0.05) is 0 Å². The highest BCUT2D eigenvalue weighted by molar-refractivity contribution is 5.83. The first-order valence-corrected chi connectivity index (χ1v) is 6.97. The van der Waals surface area contributed by atoms with Crippen LogP contribution in [0.2, 0.25) is 0 Å². The Morgan fingerprint density at radius 3 is 2.73 bits per heavy atom. The molecule has 1 atom stereocenters. The number of ether oxygens (including phenoxy) is 1. The number of alkyl halides is 3. The summed E-state index contributed by atoms with van der Waals surface area (Å²) in [5, 5.41) is 0. The lowest BCUT2D eigenvalue weighted by molar-refractivity contribution is -0.144. The van der Waals surface area contributed by atoms with Crippen molar-refractivity contribution in [3.8, 4) is 0 Å². The molecule has 0 saturated carbocycles. The zero-order valence-corrected chi connectivity index (χ0v) is 12.0. The first-order chi connectivity index (χ1) is 10.4. The number of anilines is 1. The average molecular weight is 315 g/mol. The minimum Gasteiger partial charge on any atom is -0.464 e. The molecule has 7 heteroatoms. The van der Waals surface area contributed by atoms with Gasteiger partial charge >= 0.3 is 12.1 Å². The van der Waals surface area contributed by atoms with Crippen LogP contribution in [0.25, 0.3) is 0 Å². The molecule has 0 aliphatic carbocycles. The maximum absolute atomic E-state index is 12.9. The van der Waals surface area contributed by atoms with E-state index >= 15 is 0 Å². The van der Waals surface area contributed by atoms with E-state index in [2.05, 4.69) is 0 Å². The van der Waals surface area contributed by atoms with Gasteiger partial charge in [-0.3, -0.25) is 4.79 Å². The number of nitrogens with zero attached hydrogens (tertiary/aromatic N) is 1. The average Bonchev–Trinajstić information content (AvgIpc) is 2.95. The van der Waals surface area contributed by atoms with Gasteiger partial charge in [-0.15, -0.1) is 0 Å². The summed E-state index contributed by atoms with van der Waals surface area (Å²) in [4.78, 5) is 24.4. The summed E-state index contributed by atoms with van der Waals surface area (Å²) in [5.41, 5.74) is -0.756. The third kappa shape index (κ3) is 3.40. The number of hydrogen-bond donors (Lipinski definition) is 0. The number of rotatable bonds is 4. The molecule has 0 bridgehead atoms. The van der Waals surface area contributed by atoms with E-state index < -0.39 is 23.8 Å². The number of hydrogen-bond acceptors (Lipinski definition) is 4. The minimum atomic E-state index is -4.55. The van der Waals surface area contributed by atoms with Gasteiger partial charge < -0.3 is 9.64 Å². The summed E-state index contributed by atoms with van der Waals surface area (Å²) in [5.74, 6) is -0.454. The van der Waals surface area contributed by atoms with E-state index in [1.165, 1.54) is 6.07 Å². The van der Waals surface area contributed by atoms with Crippen molar-refractivity contribution in [3.05, 3.63) is 29.3 Å². The largest absolute Gasteiger partial charge is 0.464 e. The SMILES string of the molecule is CCOC(=O)[C@@H]1CCCN1c1cc(C=O)cc(C(F)(F)F)c1. The molecular formula is C15H16F3NO3. The van der Waals surface area contributed by atoms with Crippen molar-refractivity contribution >= 4 is 17.9 Å². The Morgan fingerprint density at radius 1 is 1.41 bits per heavy atom. The third-order valence-electron chi connectivity index (χ3n) is 3.55. The molecular weight excluding hydrogens is 299 g/mol. The van der Waals surface area contributed by atoms with Crippen molar-refractivity contribution in [2.45, 2.75) is 32.0 Å². The maximum atomic E-state index is 12.9. The van der Waals surface area contributed by atoms with E-state index in [-0.39, 0.29) is 17.9 Å². The second-order valence-electron chi connectivity index (χ2n) is 5.03. The van der Waals surface area contributed by atoms with Crippen LogP contribution in [0.1, 0.15) is 35.7 Å². The Labute approximate surface area is 125 Å². The van der Waals surface area contributed by atoms with Crippen molar-refractivity contribution in [3.63, 3.8) is 0 Å². The highest BCUT2D eigenvalue weighted by Crippen LogP contribution is 2.35. The zero-order chi connectivity index (χ0) is 16.3. The van der Waals surface area contributed by atoms with Gasteiger partial charge in [-0.2, -0.15) is 13.2 Å². The Morgan fingerprint density at radius 2 is 2.14 bits per heavy atom. The molecule has 0 aromatic heterocycles. The van der Waals surface area contributed by atoms with E-state index in [1.54, 1.807) is 11.8 Å². The molecule has 0 N–H and O–H groups in total. The summed E-state index contributed by atoms with van der Waals surface area (Å²) in [7, 11) is 0. The molecule has 2 rings (SSSR count). The Bertz CT molecular complexity index is 572. The Kier molecular flexibility index (Phi) is 4.73. The lowest BCUT2D eigenvalue weighted by atomic mass is 10.1. The lowest BCUT2D eigenvalue weighted by Crippen LogP contribution is -2.37. The third-order valence-corrected chi connectivity index (χ3v) is 3.55. The fraction of sp³-hybridized carbons (Fsp3) is 0.467. The zero-order valence-electron chi connectivity index (χ0n) is 12.0. The van der Waals surface area contributed by atoms with E-state index in [9.17, 15) is 22.8 Å². The fourth-order valence-corrected chi connectivity index (χ4v) is 2.59. The van der Waals surface area contributed by atoms with Crippen LogP contribution in [-0.2, 0) is 15.7 Å². The first-order valence-electron chi connectivity index (χ1n) is 6.97. The number of aldehydes is 1. The molecule has 0 unspecified atom stereocenters. The van der Waals surface area contributed by atoms with Crippen molar-refractivity contribution < 1.29 is 27.5 Å². The topological polar surface area (TPSA) is 46.6 Å². The van der Waals surface area contributed by atoms with E-state index in [0.717, 1.165) is 12.1 Å². The standard InChI is InChI=1S/C15H16F3NO3/c1-2-22-14(21)13-4-3-5-19(13)12-7-10(9-20)6-11(8-12)15(16,17)18/h6-9,13H,2-5H2,1H3/t13-/m0/s1. The minimum absolute atomic E-state index is 0.0701. The molecule has 22 heavy (non-hydrogen) atoms. The van der Waals surface area contributed by atoms with Crippen LogP contribution < -0.4 is 4.90 Å². The fourth-order valence-electron chi connectivity index (χ4n) is 2.59. The Balaban J connectivity index is 2.38. The highest BCUT2D eigenvalue weighted by atomic mass is 19.4. The molecule has 1 saturated heterocycles. The predicted molar refractivity (Wildman–Crippen MR) is 73.8 cm³/mol. The van der Waals surface area contributed by atoms with Crippen molar-refractivity contribution in [1.29, 1.82) is 0 Å². The second kappa shape index (κ2) is 6.37. The van der Waals surface area contributed by atoms with Gasteiger partial charge in [-0.05, 0) is 38.0 Å². The summed E-state index contributed by atoms with van der Waals surface area (Å²) < 4.78 is 43.7. The summed E-state index contributed by atoms with van der Waals surface area (Å²) in [6.45, 7) is 2.33. The smallest absolute Gasteiger partial charge is 0.416 e. The number of halogens is 3. The monoisotopic (exact) mass is 315 g/mol. The molecule has 1 aromatic carbocycles. The molecule has 1 aromatic rings. The molecule has 1 aliphatic heterocycles. The number of benzene rings is 1. The maximum Gasteiger partial charge on any atom is 0.416 e. The van der Waals surface area contributed by atoms with Gasteiger partial charge in [0.15, 0.2) is 0 Å². The number of esters is 1. The molecule has 0 amide bonds. The molecule has 4 nitrogen and oxygen atoms in total. The van der Waals surface area contributed by atoms with Gasteiger partial charge in [0.05, 0.1) is 12.2 Å². The molecule has 1 fully saturated rings. The van der Waals surface area contributed by atoms with Crippen LogP contribution in [0.3, 0.4) is 0 Å². The number of carbonyl (C=O) groups excluding carboxylic acids is 2. The molecule has 120 valence electrons. The summed E-state index contributed by atoms with van der Waals surface area (Å²) in [6.07, 6.45) is -2.98. The molecule has 1 aliphatic rings. The molecule has 0 spiro atoms. The molecule has 0 radical (unpaired) electrons. The normalized spacial score (nSPS) is 18.4. The van der Waals surface area contributed by atoms with Gasteiger partial charge in [0.1, 0.15) is 12.3 Å². The van der Waals surface area contributed by atoms with Crippen molar-refractivity contribution in [2.75, 3.05) is 18.1 Å². The Hall–Kier alpha value is -2.05. The second-order valence-corrected chi connectivity index (χ2v) is 5.03. The summed E-state index contributed by atoms with van der Waals surface area (Å²) in [6, 6.07) is 2.51. The van der Waals surface area contributed by atoms with Gasteiger partial charge in [0.2, 0.25) is 0 Å². The van der Waals surface area contributed by atoms with Crippen LogP contribution in [0.5, 0.6) is 0 Å². The van der Waals surface area contributed by atoms with E-state index in [0.29, 0.717) is 25.7 Å². The van der Waals surface area contributed by atoms with E-state index in [1.807, 2.05) is 0 Å². The van der Waals surface area contributed by atoms with Crippen LogP contribution >= 0.6 is 0 Å². The van der Waals surface area contributed by atoms with Gasteiger partial charge in [-0.25, -0.2) is 4.79 Å². The highest BCUT2D eigenvalue weighted by Gasteiger charge is 2.35. The lowest BCUT2D eigenvalue weighted by Gasteiger charge is -2.26. The van der Waals surface area contributed by atoms with Gasteiger partial charge in [0.25, 0.3) is 0 Å². The van der Waals surface area contributed by atoms with Crippen molar-refractivity contribution in [2.24, 2.45) is 0 Å². The predicted octanol–water partition coefficient (Wildman–Crippen LogP) is 3.05. The first kappa shape index (κ1) is 16.3. The van der Waals surface area contributed by atoms with Crippen LogP contribution in [0.15, 0.2) is 18.2 Å². The summed E-state index contributed by atoms with van der Waals surface area (Å²) >= 11 is 0. The van der Waals surface area contributed by atoms with Crippen LogP contribution in [0.4, 0.5) is 18.9 Å². The van der Waals surface area contributed by atoms with Crippen LogP contribution in [-0.4, -0.2) is 31.4 Å². The van der Waals surface area contributed by atoms with Gasteiger partial charge in [0, 0.05) is 17.8 Å². The number of carbonyl (C=O) groups is 2. The van der Waals surface area contributed by atoms with Crippen molar-refractivity contribution in [1.82, 2.24) is 0 Å². The van der Waals surface area contributed by atoms with Crippen LogP contribution in [0, 0.1) is 0 Å². The van der Waals surface area contributed by atoms with E-state index in [4.69, 9.17) is 4.74 Å².